The van der Waals surface area contributed by atoms with Crippen molar-refractivity contribution in [3.63, 3.8) is 0 Å². The fraction of sp³-hybridized carbons (Fsp3) is 0.318. The lowest BCUT2D eigenvalue weighted by Gasteiger charge is -2.15. The van der Waals surface area contributed by atoms with Crippen LogP contribution in [0.2, 0.25) is 0 Å². The third-order valence-corrected chi connectivity index (χ3v) is 6.54. The van der Waals surface area contributed by atoms with Crippen molar-refractivity contribution in [2.75, 3.05) is 25.0 Å². The number of rotatable bonds is 3. The van der Waals surface area contributed by atoms with Gasteiger partial charge in [0.2, 0.25) is 11.8 Å². The number of hydrogen-bond acceptors (Lipinski definition) is 5. The Morgan fingerprint density at radius 3 is 3.07 bits per heavy atom. The number of nitrogens with one attached hydrogen (secondary N) is 2. The van der Waals surface area contributed by atoms with E-state index in [1.165, 1.54) is 11.1 Å². The molecular weight excluding hydrogens is 384 g/mol. The van der Waals surface area contributed by atoms with Crippen molar-refractivity contribution in [2.45, 2.75) is 13.0 Å². The molecule has 2 unspecified atom stereocenters. The minimum Gasteiger partial charge on any atom is -0.338 e. The molecule has 5 rings (SSSR count). The first-order chi connectivity index (χ1) is 14.2. The molecule has 7 heteroatoms. The molecule has 0 saturated carbocycles. The number of likely N-dealkylation sites (tertiary alicyclic amines) is 1. The van der Waals surface area contributed by atoms with Crippen molar-refractivity contribution in [2.24, 2.45) is 11.8 Å². The van der Waals surface area contributed by atoms with Gasteiger partial charge in [-0.1, -0.05) is 6.08 Å². The molecule has 0 spiro atoms. The maximum atomic E-state index is 12.7. The van der Waals surface area contributed by atoms with Crippen molar-refractivity contribution in [1.29, 1.82) is 0 Å². The smallest absolute Gasteiger partial charge is 0.246 e. The van der Waals surface area contributed by atoms with E-state index < -0.39 is 0 Å². The van der Waals surface area contributed by atoms with Gasteiger partial charge in [0.25, 0.3) is 0 Å². The van der Waals surface area contributed by atoms with E-state index in [-0.39, 0.29) is 18.4 Å². The number of pyridine rings is 1. The van der Waals surface area contributed by atoms with Crippen molar-refractivity contribution in [3.05, 3.63) is 57.9 Å². The van der Waals surface area contributed by atoms with Crippen LogP contribution in [0.3, 0.4) is 0 Å². The Balaban J connectivity index is 1.23. The summed E-state index contributed by atoms with van der Waals surface area (Å²) in [5.74, 6) is 1.54. The Morgan fingerprint density at radius 1 is 1.31 bits per heavy atom. The largest absolute Gasteiger partial charge is 0.338 e. The van der Waals surface area contributed by atoms with Crippen LogP contribution in [0.5, 0.6) is 0 Å². The SMILES string of the molecule is O=C1CNCc2cc(C=CC(=O)N3CC4C=C(c5ccsc5)CC4C3)cnc2N1. The second kappa shape index (κ2) is 7.57. The Morgan fingerprint density at radius 2 is 2.24 bits per heavy atom. The summed E-state index contributed by atoms with van der Waals surface area (Å²) in [6.45, 7) is 2.46. The quantitative estimate of drug-likeness (QED) is 0.769. The highest BCUT2D eigenvalue weighted by Gasteiger charge is 2.37. The summed E-state index contributed by atoms with van der Waals surface area (Å²) in [6, 6.07) is 4.14. The van der Waals surface area contributed by atoms with E-state index in [0.717, 1.165) is 30.6 Å². The van der Waals surface area contributed by atoms with E-state index in [0.29, 0.717) is 24.2 Å². The third kappa shape index (κ3) is 3.75. The molecule has 1 saturated heterocycles. The van der Waals surface area contributed by atoms with Crippen LogP contribution >= 0.6 is 11.3 Å². The fourth-order valence-corrected chi connectivity index (χ4v) is 5.06. The second-order valence-electron chi connectivity index (χ2n) is 7.84. The van der Waals surface area contributed by atoms with Gasteiger partial charge in [0.05, 0.1) is 6.54 Å². The van der Waals surface area contributed by atoms with Crippen molar-refractivity contribution >= 4 is 40.6 Å². The maximum absolute atomic E-state index is 12.7. The van der Waals surface area contributed by atoms with Crippen LogP contribution in [0.25, 0.3) is 11.6 Å². The van der Waals surface area contributed by atoms with Gasteiger partial charge in [-0.15, -0.1) is 0 Å². The average molecular weight is 407 g/mol. The average Bonchev–Trinajstić information content (AvgIpc) is 3.41. The summed E-state index contributed by atoms with van der Waals surface area (Å²) in [5, 5.41) is 10.2. The molecule has 148 valence electrons. The van der Waals surface area contributed by atoms with E-state index in [9.17, 15) is 9.59 Å². The number of carbonyl (C=O) groups is 2. The molecule has 2 aromatic heterocycles. The first kappa shape index (κ1) is 18.3. The maximum Gasteiger partial charge on any atom is 0.246 e. The van der Waals surface area contributed by atoms with Gasteiger partial charge in [-0.25, -0.2) is 4.98 Å². The molecule has 2 aliphatic heterocycles. The molecular formula is C22H22N4O2S. The Labute approximate surface area is 173 Å². The number of thiophene rings is 1. The molecule has 6 nitrogen and oxygen atoms in total. The van der Waals surface area contributed by atoms with Crippen molar-refractivity contribution in [1.82, 2.24) is 15.2 Å². The molecule has 2 aromatic rings. The Hall–Kier alpha value is -2.77. The number of fused-ring (bicyclic) bond motifs is 2. The number of amides is 2. The highest BCUT2D eigenvalue weighted by atomic mass is 32.1. The molecule has 0 aromatic carbocycles. The second-order valence-corrected chi connectivity index (χ2v) is 8.62. The highest BCUT2D eigenvalue weighted by molar-refractivity contribution is 7.08. The molecule has 1 fully saturated rings. The fourth-order valence-electron chi connectivity index (χ4n) is 4.38. The minimum atomic E-state index is -0.0921. The van der Waals surface area contributed by atoms with Crippen LogP contribution in [-0.4, -0.2) is 41.3 Å². The topological polar surface area (TPSA) is 74.3 Å². The lowest BCUT2D eigenvalue weighted by atomic mass is 9.99. The van der Waals surface area contributed by atoms with E-state index >= 15 is 0 Å². The number of hydrogen-bond donors (Lipinski definition) is 2. The monoisotopic (exact) mass is 406 g/mol. The summed E-state index contributed by atoms with van der Waals surface area (Å²) in [5.41, 5.74) is 4.55. The van der Waals surface area contributed by atoms with Gasteiger partial charge in [-0.05, 0) is 63.9 Å². The van der Waals surface area contributed by atoms with Gasteiger partial charge in [-0.2, -0.15) is 11.3 Å². The van der Waals surface area contributed by atoms with Crippen LogP contribution in [0, 0.1) is 11.8 Å². The zero-order valence-electron chi connectivity index (χ0n) is 15.9. The lowest BCUT2D eigenvalue weighted by molar-refractivity contribution is -0.125. The molecule has 2 atom stereocenters. The molecule has 2 N–H and O–H groups in total. The summed E-state index contributed by atoms with van der Waals surface area (Å²) < 4.78 is 0. The van der Waals surface area contributed by atoms with Crippen molar-refractivity contribution in [3.8, 4) is 0 Å². The minimum absolute atomic E-state index is 0.0475. The predicted molar refractivity (Wildman–Crippen MR) is 114 cm³/mol. The van der Waals surface area contributed by atoms with Gasteiger partial charge >= 0.3 is 0 Å². The summed E-state index contributed by atoms with van der Waals surface area (Å²) in [4.78, 5) is 30.5. The summed E-state index contributed by atoms with van der Waals surface area (Å²) in [6.07, 6.45) is 8.55. The van der Waals surface area contributed by atoms with Gasteiger partial charge < -0.3 is 15.5 Å². The lowest BCUT2D eigenvalue weighted by Crippen LogP contribution is -2.27. The zero-order valence-corrected chi connectivity index (χ0v) is 16.7. The third-order valence-electron chi connectivity index (χ3n) is 5.86. The highest BCUT2D eigenvalue weighted by Crippen LogP contribution is 2.41. The molecule has 3 aliphatic rings. The predicted octanol–water partition coefficient (Wildman–Crippen LogP) is 2.76. The summed E-state index contributed by atoms with van der Waals surface area (Å²) >= 11 is 1.73. The van der Waals surface area contributed by atoms with E-state index in [1.807, 2.05) is 17.0 Å². The Kier molecular flexibility index (Phi) is 4.77. The number of nitrogens with zero attached hydrogens (tertiary/aromatic N) is 2. The van der Waals surface area contributed by atoms with Crippen LogP contribution in [0.15, 0.2) is 41.2 Å². The van der Waals surface area contributed by atoms with Gasteiger partial charge in [0.1, 0.15) is 5.82 Å². The Bertz CT molecular complexity index is 1010. The molecule has 0 radical (unpaired) electrons. The van der Waals surface area contributed by atoms with E-state index in [1.54, 1.807) is 23.6 Å². The molecule has 0 bridgehead atoms. The summed E-state index contributed by atoms with van der Waals surface area (Å²) in [7, 11) is 0. The van der Waals surface area contributed by atoms with E-state index in [2.05, 4.69) is 38.5 Å². The van der Waals surface area contributed by atoms with Gasteiger partial charge in [0, 0.05) is 37.5 Å². The molecule has 29 heavy (non-hydrogen) atoms. The van der Waals surface area contributed by atoms with Crippen LogP contribution < -0.4 is 10.6 Å². The van der Waals surface area contributed by atoms with E-state index in [4.69, 9.17) is 0 Å². The first-order valence-corrected chi connectivity index (χ1v) is 10.8. The standard InChI is InChI=1S/C22H22N4O2S/c27-20-10-23-9-17-5-14(8-24-22(17)25-20)1-2-21(28)26-11-18-6-16(7-19(18)12-26)15-3-4-29-13-15/h1-6,8,13,18-19,23H,7,9-12H2,(H,24,25,27). The number of aromatic nitrogens is 1. The van der Waals surface area contributed by atoms with Crippen LogP contribution in [0.1, 0.15) is 23.1 Å². The zero-order chi connectivity index (χ0) is 19.8. The normalized spacial score (nSPS) is 23.5. The molecule has 4 heterocycles. The number of anilines is 1. The van der Waals surface area contributed by atoms with Gasteiger partial charge in [-0.3, -0.25) is 9.59 Å². The first-order valence-electron chi connectivity index (χ1n) is 9.85. The van der Waals surface area contributed by atoms with Gasteiger partial charge in [0.15, 0.2) is 0 Å². The van der Waals surface area contributed by atoms with Crippen LogP contribution in [0.4, 0.5) is 5.82 Å². The number of carbonyl (C=O) groups excluding carboxylic acids is 2. The molecule has 2 amide bonds. The number of allylic oxidation sites excluding steroid dienone is 1. The molecule has 1 aliphatic carbocycles. The van der Waals surface area contributed by atoms with Crippen molar-refractivity contribution < 1.29 is 9.59 Å². The van der Waals surface area contributed by atoms with Crippen LogP contribution in [-0.2, 0) is 16.1 Å².